The summed E-state index contributed by atoms with van der Waals surface area (Å²) in [6.07, 6.45) is 4.78. The van der Waals surface area contributed by atoms with Crippen molar-refractivity contribution in [1.82, 2.24) is 19.4 Å². The van der Waals surface area contributed by atoms with Crippen LogP contribution in [0.1, 0.15) is 32.6 Å². The second-order valence-electron chi connectivity index (χ2n) is 7.69. The summed E-state index contributed by atoms with van der Waals surface area (Å²) in [7, 11) is 0. The lowest BCUT2D eigenvalue weighted by Gasteiger charge is -2.32. The fraction of sp³-hybridized carbons (Fsp3) is 0.600. The number of amides is 1. The molecular formula is C20H28N4O2. The molecule has 1 aromatic carbocycles. The van der Waals surface area contributed by atoms with E-state index in [2.05, 4.69) is 10.2 Å². The molecule has 1 saturated heterocycles. The molecule has 4 rings (SSSR count). The standard InChI is InChI=1S/C20H28N4O2/c1-2-23-17-5-3-4-6-18(17)24(20(23)26)14-19(25)21-16-9-11-22(12-10-16)13-15-7-8-15/h3-6,15-16H,2,7-14H2,1H3,(H,21,25). The average Bonchev–Trinajstić information content (AvgIpc) is 3.42. The highest BCUT2D eigenvalue weighted by molar-refractivity contribution is 5.81. The minimum absolute atomic E-state index is 0.0632. The van der Waals surface area contributed by atoms with Crippen molar-refractivity contribution in [2.24, 2.45) is 5.92 Å². The number of nitrogens with zero attached hydrogens (tertiary/aromatic N) is 3. The number of aryl methyl sites for hydroxylation is 1. The van der Waals surface area contributed by atoms with Gasteiger partial charge in [0.1, 0.15) is 6.54 Å². The lowest BCUT2D eigenvalue weighted by atomic mass is 10.0. The van der Waals surface area contributed by atoms with Crippen LogP contribution in [0.25, 0.3) is 11.0 Å². The number of para-hydroxylation sites is 2. The molecule has 1 saturated carbocycles. The van der Waals surface area contributed by atoms with Crippen LogP contribution >= 0.6 is 0 Å². The second kappa shape index (κ2) is 7.27. The second-order valence-corrected chi connectivity index (χ2v) is 7.69. The van der Waals surface area contributed by atoms with Gasteiger partial charge in [0.2, 0.25) is 5.91 Å². The van der Waals surface area contributed by atoms with E-state index in [4.69, 9.17) is 0 Å². The maximum Gasteiger partial charge on any atom is 0.329 e. The summed E-state index contributed by atoms with van der Waals surface area (Å²) in [5.74, 6) is 0.857. The Balaban J connectivity index is 1.39. The monoisotopic (exact) mass is 356 g/mol. The molecule has 0 spiro atoms. The van der Waals surface area contributed by atoms with Crippen molar-refractivity contribution in [2.75, 3.05) is 19.6 Å². The summed E-state index contributed by atoms with van der Waals surface area (Å²) in [6.45, 7) is 6.01. The Morgan fingerprint density at radius 3 is 2.35 bits per heavy atom. The molecule has 0 radical (unpaired) electrons. The van der Waals surface area contributed by atoms with Crippen LogP contribution in [0.4, 0.5) is 0 Å². The summed E-state index contributed by atoms with van der Waals surface area (Å²) in [5.41, 5.74) is 1.61. The van der Waals surface area contributed by atoms with Gasteiger partial charge in [0, 0.05) is 32.2 Å². The van der Waals surface area contributed by atoms with E-state index in [-0.39, 0.29) is 24.2 Å². The predicted octanol–water partition coefficient (Wildman–Crippen LogP) is 1.81. The van der Waals surface area contributed by atoms with Gasteiger partial charge in [-0.15, -0.1) is 0 Å². The molecule has 0 bridgehead atoms. The van der Waals surface area contributed by atoms with Crippen molar-refractivity contribution < 1.29 is 4.79 Å². The molecule has 140 valence electrons. The Bertz CT molecular complexity index is 841. The summed E-state index contributed by atoms with van der Waals surface area (Å²) in [6, 6.07) is 7.91. The summed E-state index contributed by atoms with van der Waals surface area (Å²) in [5, 5.41) is 3.14. The summed E-state index contributed by atoms with van der Waals surface area (Å²) < 4.78 is 3.31. The number of imidazole rings is 1. The number of hydrogen-bond acceptors (Lipinski definition) is 3. The van der Waals surface area contributed by atoms with Gasteiger partial charge < -0.3 is 10.2 Å². The lowest BCUT2D eigenvalue weighted by Crippen LogP contribution is -2.46. The quantitative estimate of drug-likeness (QED) is 0.859. The van der Waals surface area contributed by atoms with Crippen LogP contribution in [0.2, 0.25) is 0 Å². The maximum absolute atomic E-state index is 12.6. The molecule has 0 unspecified atom stereocenters. The van der Waals surface area contributed by atoms with Crippen molar-refractivity contribution in [1.29, 1.82) is 0 Å². The Labute approximate surface area is 153 Å². The number of piperidine rings is 1. The molecule has 2 heterocycles. The average molecular weight is 356 g/mol. The minimum Gasteiger partial charge on any atom is -0.352 e. The van der Waals surface area contributed by atoms with Crippen molar-refractivity contribution >= 4 is 16.9 Å². The number of rotatable bonds is 6. The summed E-state index contributed by atoms with van der Waals surface area (Å²) >= 11 is 0. The molecule has 2 fully saturated rings. The van der Waals surface area contributed by atoms with E-state index >= 15 is 0 Å². The third-order valence-electron chi connectivity index (χ3n) is 5.71. The van der Waals surface area contributed by atoms with Crippen LogP contribution in [0.5, 0.6) is 0 Å². The van der Waals surface area contributed by atoms with Gasteiger partial charge in [0.05, 0.1) is 11.0 Å². The van der Waals surface area contributed by atoms with Crippen LogP contribution in [-0.4, -0.2) is 45.6 Å². The molecule has 0 atom stereocenters. The first kappa shape index (κ1) is 17.3. The van der Waals surface area contributed by atoms with E-state index in [1.807, 2.05) is 31.2 Å². The van der Waals surface area contributed by atoms with Crippen molar-refractivity contribution in [3.8, 4) is 0 Å². The smallest absolute Gasteiger partial charge is 0.329 e. The number of nitrogens with one attached hydrogen (secondary N) is 1. The zero-order chi connectivity index (χ0) is 18.1. The van der Waals surface area contributed by atoms with E-state index in [0.717, 1.165) is 42.9 Å². The van der Waals surface area contributed by atoms with E-state index < -0.39 is 0 Å². The van der Waals surface area contributed by atoms with E-state index in [9.17, 15) is 9.59 Å². The van der Waals surface area contributed by atoms with Gasteiger partial charge >= 0.3 is 5.69 Å². The Morgan fingerprint density at radius 2 is 1.73 bits per heavy atom. The molecule has 1 aromatic heterocycles. The van der Waals surface area contributed by atoms with Gasteiger partial charge in [0.15, 0.2) is 0 Å². The zero-order valence-corrected chi connectivity index (χ0v) is 15.5. The zero-order valence-electron chi connectivity index (χ0n) is 15.5. The fourth-order valence-electron chi connectivity index (χ4n) is 4.07. The maximum atomic E-state index is 12.6. The Morgan fingerprint density at radius 1 is 1.08 bits per heavy atom. The molecule has 2 aliphatic rings. The lowest BCUT2D eigenvalue weighted by molar-refractivity contribution is -0.122. The molecule has 2 aromatic rings. The number of benzene rings is 1. The molecule has 1 aliphatic heterocycles. The third-order valence-corrected chi connectivity index (χ3v) is 5.71. The minimum atomic E-state index is -0.108. The first-order chi connectivity index (χ1) is 12.7. The van der Waals surface area contributed by atoms with E-state index in [0.29, 0.717) is 6.54 Å². The van der Waals surface area contributed by atoms with Crippen molar-refractivity contribution in [2.45, 2.75) is 51.7 Å². The third kappa shape index (κ3) is 3.56. The molecule has 26 heavy (non-hydrogen) atoms. The highest BCUT2D eigenvalue weighted by atomic mass is 16.2. The number of carbonyl (C=O) groups excluding carboxylic acids is 1. The molecule has 1 N–H and O–H groups in total. The highest BCUT2D eigenvalue weighted by Crippen LogP contribution is 2.30. The van der Waals surface area contributed by atoms with Crippen LogP contribution in [0.3, 0.4) is 0 Å². The first-order valence-electron chi connectivity index (χ1n) is 9.85. The van der Waals surface area contributed by atoms with Crippen LogP contribution in [-0.2, 0) is 17.9 Å². The van der Waals surface area contributed by atoms with Gasteiger partial charge in [0.25, 0.3) is 0 Å². The molecule has 1 aliphatic carbocycles. The van der Waals surface area contributed by atoms with E-state index in [1.54, 1.807) is 9.13 Å². The number of fused-ring (bicyclic) bond motifs is 1. The van der Waals surface area contributed by atoms with Crippen LogP contribution in [0.15, 0.2) is 29.1 Å². The Hall–Kier alpha value is -2.08. The Kier molecular flexibility index (Phi) is 4.85. The highest BCUT2D eigenvalue weighted by Gasteiger charge is 2.27. The number of likely N-dealkylation sites (tertiary alicyclic amines) is 1. The fourth-order valence-corrected chi connectivity index (χ4v) is 4.07. The van der Waals surface area contributed by atoms with Crippen LogP contribution < -0.4 is 11.0 Å². The van der Waals surface area contributed by atoms with Gasteiger partial charge in [-0.1, -0.05) is 12.1 Å². The van der Waals surface area contributed by atoms with Gasteiger partial charge in [-0.25, -0.2) is 4.79 Å². The summed E-state index contributed by atoms with van der Waals surface area (Å²) in [4.78, 5) is 27.7. The predicted molar refractivity (Wildman–Crippen MR) is 102 cm³/mol. The van der Waals surface area contributed by atoms with Crippen molar-refractivity contribution in [3.05, 3.63) is 34.7 Å². The number of hydrogen-bond donors (Lipinski definition) is 1. The molecular weight excluding hydrogens is 328 g/mol. The first-order valence-corrected chi connectivity index (χ1v) is 9.85. The normalized spacial score (nSPS) is 19.1. The SMILES string of the molecule is CCn1c(=O)n(CC(=O)NC2CCN(CC3CC3)CC2)c2ccccc21. The topological polar surface area (TPSA) is 59.3 Å². The number of carbonyl (C=O) groups is 1. The largest absolute Gasteiger partial charge is 0.352 e. The van der Waals surface area contributed by atoms with Crippen molar-refractivity contribution in [3.63, 3.8) is 0 Å². The van der Waals surface area contributed by atoms with E-state index in [1.165, 1.54) is 19.4 Å². The van der Waals surface area contributed by atoms with Gasteiger partial charge in [-0.05, 0) is 50.7 Å². The van der Waals surface area contributed by atoms with Gasteiger partial charge in [-0.3, -0.25) is 13.9 Å². The molecule has 1 amide bonds. The van der Waals surface area contributed by atoms with Gasteiger partial charge in [-0.2, -0.15) is 0 Å². The molecule has 6 heteroatoms. The molecule has 6 nitrogen and oxygen atoms in total. The van der Waals surface area contributed by atoms with Crippen LogP contribution in [0, 0.1) is 5.92 Å². The number of aromatic nitrogens is 2.